The third-order valence-corrected chi connectivity index (χ3v) is 5.42. The molecule has 0 atom stereocenters. The molecule has 1 aliphatic heterocycles. The topological polar surface area (TPSA) is 78.7 Å². The van der Waals surface area contributed by atoms with Crippen LogP contribution < -0.4 is 11.1 Å². The molecule has 1 aromatic carbocycles. The largest absolute Gasteiger partial charge is 0.340 e. The fraction of sp³-hybridized carbons (Fsp3) is 0.579. The first-order chi connectivity index (χ1) is 13.2. The Kier molecular flexibility index (Phi) is 6.21. The number of hydrogen-bond donors (Lipinski definition) is 2. The van der Waals surface area contributed by atoms with Crippen LogP contribution in [0.25, 0.3) is 0 Å². The van der Waals surface area contributed by atoms with Crippen LogP contribution in [0.2, 0.25) is 5.02 Å². The van der Waals surface area contributed by atoms with E-state index < -0.39 is 30.2 Å². The van der Waals surface area contributed by atoms with Crippen molar-refractivity contribution in [3.63, 3.8) is 0 Å². The van der Waals surface area contributed by atoms with Crippen LogP contribution in [0.3, 0.4) is 0 Å². The number of carbonyl (C=O) groups is 2. The Labute approximate surface area is 168 Å². The molecule has 0 radical (unpaired) electrons. The van der Waals surface area contributed by atoms with Gasteiger partial charge in [-0.1, -0.05) is 23.7 Å². The number of alkyl halides is 2. The summed E-state index contributed by atoms with van der Waals surface area (Å²) in [5.41, 5.74) is 5.13. The van der Waals surface area contributed by atoms with Gasteiger partial charge in [0.25, 0.3) is 5.92 Å². The molecule has 3 N–H and O–H groups in total. The number of nitrogens with one attached hydrogen (secondary N) is 1. The van der Waals surface area contributed by atoms with Crippen molar-refractivity contribution in [1.29, 1.82) is 0 Å². The molecule has 1 aliphatic carbocycles. The van der Waals surface area contributed by atoms with Crippen LogP contribution in [-0.4, -0.2) is 65.8 Å². The number of benzene rings is 1. The van der Waals surface area contributed by atoms with E-state index in [0.717, 1.165) is 18.7 Å². The number of hydrogen-bond acceptors (Lipinski definition) is 4. The second-order valence-corrected chi connectivity index (χ2v) is 8.04. The molecule has 0 aromatic heterocycles. The zero-order valence-corrected chi connectivity index (χ0v) is 16.4. The third-order valence-electron chi connectivity index (χ3n) is 5.19. The van der Waals surface area contributed by atoms with Gasteiger partial charge < -0.3 is 20.9 Å². The van der Waals surface area contributed by atoms with E-state index in [9.17, 15) is 18.4 Å². The van der Waals surface area contributed by atoms with Gasteiger partial charge in [0, 0.05) is 63.6 Å². The number of nitrogens with two attached hydrogens (primary N) is 1. The molecule has 2 fully saturated rings. The van der Waals surface area contributed by atoms with Gasteiger partial charge in [-0.2, -0.15) is 0 Å². The van der Waals surface area contributed by atoms with E-state index in [0.29, 0.717) is 18.1 Å². The van der Waals surface area contributed by atoms with Crippen molar-refractivity contribution in [2.75, 3.05) is 32.7 Å². The zero-order valence-electron chi connectivity index (χ0n) is 15.6. The molecule has 9 heteroatoms. The van der Waals surface area contributed by atoms with Crippen LogP contribution in [0.5, 0.6) is 0 Å². The highest BCUT2D eigenvalue weighted by Crippen LogP contribution is 2.45. The summed E-state index contributed by atoms with van der Waals surface area (Å²) in [6, 6.07) is 6.96. The van der Waals surface area contributed by atoms with Gasteiger partial charge in [-0.05, 0) is 17.7 Å². The molecule has 0 unspecified atom stereocenters. The van der Waals surface area contributed by atoms with E-state index >= 15 is 0 Å². The first kappa shape index (κ1) is 21.0. The molecule has 1 aromatic rings. The smallest absolute Gasteiger partial charge is 0.252 e. The maximum absolute atomic E-state index is 13.4. The van der Waals surface area contributed by atoms with Gasteiger partial charge in [-0.15, -0.1) is 0 Å². The minimum atomic E-state index is -2.91. The van der Waals surface area contributed by atoms with E-state index in [1.54, 1.807) is 29.2 Å². The summed E-state index contributed by atoms with van der Waals surface area (Å²) in [6.07, 6.45) is -1.22. The molecule has 3 rings (SSSR count). The Morgan fingerprint density at radius 2 is 1.93 bits per heavy atom. The molecule has 1 heterocycles. The maximum Gasteiger partial charge on any atom is 0.252 e. The lowest BCUT2D eigenvalue weighted by atomic mass is 9.73. The van der Waals surface area contributed by atoms with E-state index in [2.05, 4.69) is 5.32 Å². The van der Waals surface area contributed by atoms with Gasteiger partial charge in [-0.25, -0.2) is 8.78 Å². The van der Waals surface area contributed by atoms with Crippen LogP contribution in [0.4, 0.5) is 8.78 Å². The summed E-state index contributed by atoms with van der Waals surface area (Å²) in [6.45, 7) is 3.00. The van der Waals surface area contributed by atoms with E-state index in [4.69, 9.17) is 17.3 Å². The molecule has 154 valence electrons. The van der Waals surface area contributed by atoms with Crippen molar-refractivity contribution in [3.8, 4) is 0 Å². The average molecular weight is 415 g/mol. The highest BCUT2D eigenvalue weighted by molar-refractivity contribution is 6.30. The van der Waals surface area contributed by atoms with Crippen LogP contribution in [0.1, 0.15) is 24.8 Å². The van der Waals surface area contributed by atoms with Crippen molar-refractivity contribution in [3.05, 3.63) is 34.9 Å². The summed E-state index contributed by atoms with van der Waals surface area (Å²) in [7, 11) is 0. The molecule has 28 heavy (non-hydrogen) atoms. The van der Waals surface area contributed by atoms with Crippen LogP contribution in [0, 0.1) is 0 Å². The summed E-state index contributed by atoms with van der Waals surface area (Å²) in [5, 5.41) is 3.69. The molecular formula is C19H25ClF2N4O2. The van der Waals surface area contributed by atoms with Crippen molar-refractivity contribution >= 4 is 23.4 Å². The summed E-state index contributed by atoms with van der Waals surface area (Å²) in [5.74, 6) is -3.52. The molecule has 1 saturated carbocycles. The molecule has 0 bridgehead atoms. The van der Waals surface area contributed by atoms with Crippen LogP contribution >= 0.6 is 11.6 Å². The SMILES string of the molecule is NC1(C(=O)N(CCC(=O)N2CCNCC2)Cc2cccc(Cl)c2)CC(F)(F)C1. The van der Waals surface area contributed by atoms with Crippen LogP contribution in [0.15, 0.2) is 24.3 Å². The van der Waals surface area contributed by atoms with Crippen LogP contribution in [-0.2, 0) is 16.1 Å². The lowest BCUT2D eigenvalue weighted by Crippen LogP contribution is -2.66. The zero-order chi connectivity index (χ0) is 20.4. The first-order valence-corrected chi connectivity index (χ1v) is 9.75. The predicted molar refractivity (Wildman–Crippen MR) is 102 cm³/mol. The van der Waals surface area contributed by atoms with Gasteiger partial charge in [0.15, 0.2) is 0 Å². The lowest BCUT2D eigenvalue weighted by Gasteiger charge is -2.45. The average Bonchev–Trinajstić information content (AvgIpc) is 2.63. The minimum Gasteiger partial charge on any atom is -0.340 e. The number of halogens is 3. The van der Waals surface area contributed by atoms with Gasteiger partial charge in [0.05, 0.1) is 0 Å². The fourth-order valence-electron chi connectivity index (χ4n) is 3.75. The fourth-order valence-corrected chi connectivity index (χ4v) is 3.96. The molecule has 6 nitrogen and oxygen atoms in total. The molecular weight excluding hydrogens is 390 g/mol. The second-order valence-electron chi connectivity index (χ2n) is 7.60. The quantitative estimate of drug-likeness (QED) is 0.741. The standard InChI is InChI=1S/C19H25ClF2N4O2/c20-15-3-1-2-14(10-15)11-26(17(28)18(23)12-19(21,22)13-18)7-4-16(27)25-8-5-24-6-9-25/h1-3,10,24H,4-9,11-13,23H2. The van der Waals surface area contributed by atoms with Gasteiger partial charge in [-0.3, -0.25) is 9.59 Å². The summed E-state index contributed by atoms with van der Waals surface area (Å²) in [4.78, 5) is 28.5. The monoisotopic (exact) mass is 414 g/mol. The number of piperazine rings is 1. The molecule has 2 aliphatic rings. The number of carbonyl (C=O) groups excluding carboxylic acids is 2. The Balaban J connectivity index is 1.68. The second kappa shape index (κ2) is 8.31. The highest BCUT2D eigenvalue weighted by Gasteiger charge is 2.59. The van der Waals surface area contributed by atoms with E-state index in [1.165, 1.54) is 4.90 Å². The molecule has 1 saturated heterocycles. The molecule has 2 amide bonds. The van der Waals surface area contributed by atoms with Gasteiger partial charge in [0.1, 0.15) is 5.54 Å². The van der Waals surface area contributed by atoms with Gasteiger partial charge in [0.2, 0.25) is 11.8 Å². The Morgan fingerprint density at radius 3 is 2.54 bits per heavy atom. The highest BCUT2D eigenvalue weighted by atomic mass is 35.5. The molecule has 0 spiro atoms. The summed E-state index contributed by atoms with van der Waals surface area (Å²) < 4.78 is 26.7. The van der Waals surface area contributed by atoms with Crippen molar-refractivity contribution in [1.82, 2.24) is 15.1 Å². The maximum atomic E-state index is 13.4. The number of rotatable bonds is 6. The number of amides is 2. The number of nitrogens with zero attached hydrogens (tertiary/aromatic N) is 2. The van der Waals surface area contributed by atoms with Crippen molar-refractivity contribution < 1.29 is 18.4 Å². The Hall–Kier alpha value is -1.77. The van der Waals surface area contributed by atoms with Crippen molar-refractivity contribution in [2.24, 2.45) is 5.73 Å². The normalized spacial score (nSPS) is 20.4. The Bertz CT molecular complexity index is 732. The predicted octanol–water partition coefficient (Wildman–Crippen LogP) is 1.62. The Morgan fingerprint density at radius 1 is 1.25 bits per heavy atom. The van der Waals surface area contributed by atoms with E-state index in [-0.39, 0.29) is 25.4 Å². The minimum absolute atomic E-state index is 0.0598. The lowest BCUT2D eigenvalue weighted by molar-refractivity contribution is -0.166. The van der Waals surface area contributed by atoms with Crippen molar-refractivity contribution in [2.45, 2.75) is 37.3 Å². The van der Waals surface area contributed by atoms with Gasteiger partial charge >= 0.3 is 0 Å². The summed E-state index contributed by atoms with van der Waals surface area (Å²) >= 11 is 6.01. The third kappa shape index (κ3) is 4.98. The first-order valence-electron chi connectivity index (χ1n) is 9.38. The van der Waals surface area contributed by atoms with E-state index in [1.807, 2.05) is 0 Å².